The lowest BCUT2D eigenvalue weighted by Crippen LogP contribution is -2.36. The number of fused-ring (bicyclic) bond motifs is 1. The van der Waals surface area contributed by atoms with Crippen molar-refractivity contribution in [3.8, 4) is 0 Å². The molecule has 1 atom stereocenters. The molecule has 0 spiro atoms. The van der Waals surface area contributed by atoms with Crippen molar-refractivity contribution < 1.29 is 5.11 Å². The summed E-state index contributed by atoms with van der Waals surface area (Å²) in [6.07, 6.45) is 5.78. The summed E-state index contributed by atoms with van der Waals surface area (Å²) in [6, 6.07) is 10.2. The van der Waals surface area contributed by atoms with E-state index in [9.17, 15) is 5.11 Å². The zero-order valence-electron chi connectivity index (χ0n) is 11.7. The maximum Gasteiger partial charge on any atom is 0.0902 e. The molecule has 1 N–H and O–H groups in total. The van der Waals surface area contributed by atoms with Crippen molar-refractivity contribution in [2.45, 2.75) is 45.1 Å². The fourth-order valence-electron chi connectivity index (χ4n) is 3.43. The van der Waals surface area contributed by atoms with Crippen molar-refractivity contribution in [2.24, 2.45) is 5.41 Å². The van der Waals surface area contributed by atoms with Gasteiger partial charge in [0.25, 0.3) is 0 Å². The van der Waals surface area contributed by atoms with Gasteiger partial charge < -0.3 is 5.11 Å². The molecule has 3 rings (SSSR count). The molecule has 1 saturated carbocycles. The Morgan fingerprint density at radius 2 is 2.00 bits per heavy atom. The number of hydrogen-bond acceptors (Lipinski definition) is 2. The molecule has 0 aliphatic heterocycles. The van der Waals surface area contributed by atoms with E-state index >= 15 is 0 Å². The van der Waals surface area contributed by atoms with E-state index in [4.69, 9.17) is 0 Å². The average Bonchev–Trinajstić information content (AvgIpc) is 2.36. The molecule has 1 aromatic carbocycles. The largest absolute Gasteiger partial charge is 0.385 e. The number of aliphatic hydroxyl groups is 1. The first-order chi connectivity index (χ1) is 8.99. The second kappa shape index (κ2) is 4.31. The van der Waals surface area contributed by atoms with Gasteiger partial charge in [0.2, 0.25) is 0 Å². The summed E-state index contributed by atoms with van der Waals surface area (Å²) < 4.78 is 0. The lowest BCUT2D eigenvalue weighted by molar-refractivity contribution is -0.0439. The molecule has 2 heteroatoms. The van der Waals surface area contributed by atoms with E-state index in [0.717, 1.165) is 35.7 Å². The van der Waals surface area contributed by atoms with Gasteiger partial charge in [-0.3, -0.25) is 4.98 Å². The molecule has 100 valence electrons. The summed E-state index contributed by atoms with van der Waals surface area (Å²) in [5, 5.41) is 12.1. The van der Waals surface area contributed by atoms with Crippen molar-refractivity contribution in [3.63, 3.8) is 0 Å². The third-order valence-electron chi connectivity index (χ3n) is 4.36. The Labute approximate surface area is 114 Å². The van der Waals surface area contributed by atoms with Crippen LogP contribution in [0.3, 0.4) is 0 Å². The molecule has 19 heavy (non-hydrogen) atoms. The van der Waals surface area contributed by atoms with E-state index in [1.54, 1.807) is 6.20 Å². The van der Waals surface area contributed by atoms with E-state index in [-0.39, 0.29) is 5.41 Å². The summed E-state index contributed by atoms with van der Waals surface area (Å²) in [5.41, 5.74) is 1.52. The Morgan fingerprint density at radius 1 is 1.16 bits per heavy atom. The lowest BCUT2D eigenvalue weighted by Gasteiger charge is -2.42. The SMILES string of the molecule is CC1(C)CCCC(O)(c2ccc3cccnc3c2)C1. The first kappa shape index (κ1) is 12.6. The number of rotatable bonds is 1. The van der Waals surface area contributed by atoms with E-state index < -0.39 is 5.60 Å². The Hall–Kier alpha value is -1.41. The van der Waals surface area contributed by atoms with Crippen LogP contribution < -0.4 is 0 Å². The van der Waals surface area contributed by atoms with Crippen LogP contribution >= 0.6 is 0 Å². The highest BCUT2D eigenvalue weighted by atomic mass is 16.3. The number of hydrogen-bond donors (Lipinski definition) is 1. The summed E-state index contributed by atoms with van der Waals surface area (Å²) in [6.45, 7) is 4.49. The average molecular weight is 255 g/mol. The summed E-state index contributed by atoms with van der Waals surface area (Å²) >= 11 is 0. The normalized spacial score (nSPS) is 26.5. The molecule has 1 aromatic heterocycles. The molecule has 2 aromatic rings. The van der Waals surface area contributed by atoms with Crippen LogP contribution in [0, 0.1) is 5.41 Å². The predicted octanol–water partition coefficient (Wildman–Crippen LogP) is 4.02. The predicted molar refractivity (Wildman–Crippen MR) is 77.9 cm³/mol. The van der Waals surface area contributed by atoms with Crippen molar-refractivity contribution in [3.05, 3.63) is 42.1 Å². The highest BCUT2D eigenvalue weighted by Gasteiger charge is 2.39. The number of benzene rings is 1. The molecule has 1 heterocycles. The van der Waals surface area contributed by atoms with Gasteiger partial charge in [0.15, 0.2) is 0 Å². The van der Waals surface area contributed by atoms with Crippen LogP contribution in [-0.2, 0) is 5.60 Å². The molecule has 2 nitrogen and oxygen atoms in total. The monoisotopic (exact) mass is 255 g/mol. The van der Waals surface area contributed by atoms with Crippen molar-refractivity contribution in [2.75, 3.05) is 0 Å². The third-order valence-corrected chi connectivity index (χ3v) is 4.36. The molecule has 0 radical (unpaired) electrons. The van der Waals surface area contributed by atoms with E-state index in [2.05, 4.69) is 43.1 Å². The van der Waals surface area contributed by atoms with Crippen LogP contribution in [0.4, 0.5) is 0 Å². The second-order valence-corrected chi connectivity index (χ2v) is 6.64. The Morgan fingerprint density at radius 3 is 2.79 bits per heavy atom. The van der Waals surface area contributed by atoms with Crippen molar-refractivity contribution in [1.29, 1.82) is 0 Å². The number of pyridine rings is 1. The van der Waals surface area contributed by atoms with Crippen LogP contribution in [0.15, 0.2) is 36.5 Å². The Balaban J connectivity index is 2.03. The summed E-state index contributed by atoms with van der Waals surface area (Å²) in [5.74, 6) is 0. The number of nitrogens with zero attached hydrogens (tertiary/aromatic N) is 1. The van der Waals surface area contributed by atoms with Crippen molar-refractivity contribution >= 4 is 10.9 Å². The molecular formula is C17H21NO. The zero-order valence-corrected chi connectivity index (χ0v) is 11.7. The van der Waals surface area contributed by atoms with Gasteiger partial charge in [-0.2, -0.15) is 0 Å². The maximum atomic E-state index is 11.0. The number of aromatic nitrogens is 1. The fourth-order valence-corrected chi connectivity index (χ4v) is 3.43. The third kappa shape index (κ3) is 2.37. The first-order valence-electron chi connectivity index (χ1n) is 7.06. The van der Waals surface area contributed by atoms with Gasteiger partial charge in [-0.25, -0.2) is 0 Å². The molecule has 1 aliphatic rings. The van der Waals surface area contributed by atoms with Gasteiger partial charge in [-0.1, -0.05) is 32.0 Å². The topological polar surface area (TPSA) is 33.1 Å². The van der Waals surface area contributed by atoms with Crippen molar-refractivity contribution in [1.82, 2.24) is 4.98 Å². The lowest BCUT2D eigenvalue weighted by atomic mass is 9.67. The Bertz CT molecular complexity index is 605. The van der Waals surface area contributed by atoms with E-state index in [1.807, 2.05) is 6.07 Å². The summed E-state index contributed by atoms with van der Waals surface area (Å²) in [4.78, 5) is 4.39. The van der Waals surface area contributed by atoms with Crippen LogP contribution in [0.5, 0.6) is 0 Å². The maximum absolute atomic E-state index is 11.0. The molecule has 1 fully saturated rings. The minimum Gasteiger partial charge on any atom is -0.385 e. The highest BCUT2D eigenvalue weighted by molar-refractivity contribution is 5.79. The van der Waals surface area contributed by atoms with Crippen LogP contribution in [0.1, 0.15) is 45.1 Å². The van der Waals surface area contributed by atoms with E-state index in [1.165, 1.54) is 6.42 Å². The second-order valence-electron chi connectivity index (χ2n) is 6.64. The van der Waals surface area contributed by atoms with Gasteiger partial charge in [0, 0.05) is 11.6 Å². The van der Waals surface area contributed by atoms with Gasteiger partial charge in [-0.05, 0) is 48.8 Å². The molecule has 0 saturated heterocycles. The smallest absolute Gasteiger partial charge is 0.0902 e. The van der Waals surface area contributed by atoms with Crippen LogP contribution in [-0.4, -0.2) is 10.1 Å². The summed E-state index contributed by atoms with van der Waals surface area (Å²) in [7, 11) is 0. The van der Waals surface area contributed by atoms with Gasteiger partial charge >= 0.3 is 0 Å². The quantitative estimate of drug-likeness (QED) is 0.834. The van der Waals surface area contributed by atoms with Crippen LogP contribution in [0.25, 0.3) is 10.9 Å². The van der Waals surface area contributed by atoms with Gasteiger partial charge in [0.05, 0.1) is 11.1 Å². The molecule has 1 unspecified atom stereocenters. The minimum atomic E-state index is -0.687. The highest BCUT2D eigenvalue weighted by Crippen LogP contribution is 2.46. The molecular weight excluding hydrogens is 234 g/mol. The van der Waals surface area contributed by atoms with E-state index in [0.29, 0.717) is 0 Å². The standard InChI is InChI=1S/C17H21NO/c1-16(2)8-4-9-17(19,12-16)14-7-6-13-5-3-10-18-15(13)11-14/h3,5-7,10-11,19H,4,8-9,12H2,1-2H3. The first-order valence-corrected chi connectivity index (χ1v) is 7.06. The molecule has 1 aliphatic carbocycles. The zero-order chi connectivity index (χ0) is 13.5. The fraction of sp³-hybridized carbons (Fsp3) is 0.471. The minimum absolute atomic E-state index is 0.214. The van der Waals surface area contributed by atoms with Crippen LogP contribution in [0.2, 0.25) is 0 Å². The van der Waals surface area contributed by atoms with Gasteiger partial charge in [0.1, 0.15) is 0 Å². The molecule has 0 amide bonds. The molecule has 0 bridgehead atoms. The van der Waals surface area contributed by atoms with Gasteiger partial charge in [-0.15, -0.1) is 0 Å². The Kier molecular flexibility index (Phi) is 2.86.